The van der Waals surface area contributed by atoms with Gasteiger partial charge in [0.2, 0.25) is 0 Å². The number of hydrogen-bond donors (Lipinski definition) is 0. The molecule has 7 nitrogen and oxygen atoms in total. The van der Waals surface area contributed by atoms with Gasteiger partial charge in [-0.25, -0.2) is 4.79 Å². The third-order valence-corrected chi connectivity index (χ3v) is 1.64. The Hall–Kier alpha value is -1.92. The number of aromatic nitrogens is 2. The predicted octanol–water partition coefficient (Wildman–Crippen LogP) is 0.569. The highest BCUT2D eigenvalue weighted by atomic mass is 16.8. The quantitative estimate of drug-likeness (QED) is 0.541. The molecule has 82 valence electrons. The number of carbonyl (C=O) groups is 1. The molecule has 0 aromatic carbocycles. The van der Waals surface area contributed by atoms with Crippen molar-refractivity contribution >= 4 is 11.8 Å². The van der Waals surface area contributed by atoms with E-state index in [0.717, 1.165) is 0 Å². The van der Waals surface area contributed by atoms with Crippen LogP contribution < -0.4 is 0 Å². The van der Waals surface area contributed by atoms with Crippen LogP contribution >= 0.6 is 0 Å². The van der Waals surface area contributed by atoms with Crippen LogP contribution in [-0.4, -0.2) is 34.4 Å². The van der Waals surface area contributed by atoms with E-state index in [1.54, 1.807) is 14.0 Å². The number of aryl methyl sites for hydroxylation is 1. The zero-order chi connectivity index (χ0) is 11.4. The van der Waals surface area contributed by atoms with Gasteiger partial charge in [-0.3, -0.25) is 0 Å². The van der Waals surface area contributed by atoms with Crippen molar-refractivity contribution in [2.45, 2.75) is 6.92 Å². The molecule has 7 heteroatoms. The number of hydrogen-bond acceptors (Lipinski definition) is 5. The molecular formula is C8H12N3O4+. The summed E-state index contributed by atoms with van der Waals surface area (Å²) in [4.78, 5) is 27.1. The van der Waals surface area contributed by atoms with E-state index in [-0.39, 0.29) is 22.9 Å². The summed E-state index contributed by atoms with van der Waals surface area (Å²) in [6.07, 6.45) is 1.40. The maximum atomic E-state index is 11.4. The summed E-state index contributed by atoms with van der Waals surface area (Å²) in [5.41, 5.74) is 0.0798. The SMILES string of the molecule is CCOC(=O)c1cn(C)nc1[N+](=O)OC. The average Bonchev–Trinajstić information content (AvgIpc) is 2.59. The fraction of sp³-hybridized carbons (Fsp3) is 0.500. The standard InChI is InChI=1S/C8H12N3O4/c1-4-15-8(12)6-5-10(2)9-7(6)11(13)14-3/h5H,4H2,1-3H3/q+1. The third-order valence-electron chi connectivity index (χ3n) is 1.64. The average molecular weight is 214 g/mol. The Morgan fingerprint density at radius 1 is 1.67 bits per heavy atom. The largest absolute Gasteiger partial charge is 0.462 e. The molecule has 0 bridgehead atoms. The summed E-state index contributed by atoms with van der Waals surface area (Å²) in [5.74, 6) is -0.711. The van der Waals surface area contributed by atoms with Crippen LogP contribution in [0.25, 0.3) is 0 Å². The molecule has 0 saturated carbocycles. The molecular weight excluding hydrogens is 202 g/mol. The van der Waals surface area contributed by atoms with E-state index in [0.29, 0.717) is 0 Å². The van der Waals surface area contributed by atoms with Crippen molar-refractivity contribution < 1.29 is 19.3 Å². The van der Waals surface area contributed by atoms with E-state index in [1.807, 2.05) is 0 Å². The normalized spacial score (nSPS) is 9.80. The maximum Gasteiger partial charge on any atom is 0.448 e. The summed E-state index contributed by atoms with van der Waals surface area (Å²) >= 11 is 0. The molecule has 0 aliphatic heterocycles. The number of carbonyl (C=O) groups excluding carboxylic acids is 1. The summed E-state index contributed by atoms with van der Waals surface area (Å²) < 4.78 is 6.10. The summed E-state index contributed by atoms with van der Waals surface area (Å²) in [5, 5.41) is 3.79. The lowest BCUT2D eigenvalue weighted by Crippen LogP contribution is -2.08. The van der Waals surface area contributed by atoms with Crippen LogP contribution in [-0.2, 0) is 16.6 Å². The summed E-state index contributed by atoms with van der Waals surface area (Å²) in [7, 11) is 2.78. The first-order chi connectivity index (χ1) is 7.10. The number of nitrogens with zero attached hydrogens (tertiary/aromatic N) is 3. The Kier molecular flexibility index (Phi) is 3.37. The Bertz CT molecular complexity index is 385. The minimum Gasteiger partial charge on any atom is -0.462 e. The van der Waals surface area contributed by atoms with E-state index in [2.05, 4.69) is 9.94 Å². The zero-order valence-electron chi connectivity index (χ0n) is 8.76. The third kappa shape index (κ3) is 2.30. The minimum atomic E-state index is -0.599. The topological polar surface area (TPSA) is 73.4 Å². The van der Waals surface area contributed by atoms with Gasteiger partial charge in [-0.1, -0.05) is 0 Å². The molecule has 1 heterocycles. The van der Waals surface area contributed by atoms with Crippen molar-refractivity contribution in [2.24, 2.45) is 7.05 Å². The fourth-order valence-corrected chi connectivity index (χ4v) is 1.05. The Labute approximate surface area is 86.1 Å². The van der Waals surface area contributed by atoms with Crippen molar-refractivity contribution in [3.05, 3.63) is 16.7 Å². The molecule has 15 heavy (non-hydrogen) atoms. The van der Waals surface area contributed by atoms with Crippen LogP contribution in [0, 0.1) is 4.91 Å². The van der Waals surface area contributed by atoms with Crippen molar-refractivity contribution in [3.8, 4) is 0 Å². The molecule has 0 spiro atoms. The molecule has 0 aliphatic rings. The van der Waals surface area contributed by atoms with Gasteiger partial charge in [0.15, 0.2) is 10.5 Å². The summed E-state index contributed by atoms with van der Waals surface area (Å²) in [6.45, 7) is 1.91. The highest BCUT2D eigenvalue weighted by Crippen LogP contribution is 2.16. The van der Waals surface area contributed by atoms with Gasteiger partial charge in [0.25, 0.3) is 0 Å². The second-order valence-corrected chi connectivity index (χ2v) is 2.70. The van der Waals surface area contributed by atoms with Crippen molar-refractivity contribution in [1.29, 1.82) is 0 Å². The molecule has 0 N–H and O–H groups in total. The van der Waals surface area contributed by atoms with Gasteiger partial charge in [-0.05, 0) is 11.8 Å². The molecule has 0 radical (unpaired) electrons. The lowest BCUT2D eigenvalue weighted by Gasteiger charge is -1.96. The number of esters is 1. The number of ether oxygens (including phenoxy) is 1. The molecule has 0 fully saturated rings. The van der Waals surface area contributed by atoms with Gasteiger partial charge in [0, 0.05) is 0 Å². The second kappa shape index (κ2) is 4.54. The van der Waals surface area contributed by atoms with Crippen LogP contribution in [0.4, 0.5) is 5.82 Å². The molecule has 0 amide bonds. The van der Waals surface area contributed by atoms with Crippen molar-refractivity contribution in [3.63, 3.8) is 0 Å². The zero-order valence-corrected chi connectivity index (χ0v) is 8.76. The van der Waals surface area contributed by atoms with Crippen LogP contribution in [0.3, 0.4) is 0 Å². The van der Waals surface area contributed by atoms with Gasteiger partial charge < -0.3 is 9.57 Å². The Morgan fingerprint density at radius 2 is 2.33 bits per heavy atom. The van der Waals surface area contributed by atoms with Gasteiger partial charge in [-0.15, -0.1) is 0 Å². The Balaban J connectivity index is 3.06. The van der Waals surface area contributed by atoms with E-state index in [1.165, 1.54) is 18.0 Å². The lowest BCUT2D eigenvalue weighted by atomic mass is 10.3. The van der Waals surface area contributed by atoms with Crippen LogP contribution in [0.15, 0.2) is 6.20 Å². The van der Waals surface area contributed by atoms with Gasteiger partial charge in [0.1, 0.15) is 7.11 Å². The number of rotatable bonds is 4. The molecule has 0 saturated heterocycles. The molecule has 1 aromatic rings. The van der Waals surface area contributed by atoms with Crippen LogP contribution in [0.1, 0.15) is 17.3 Å². The monoisotopic (exact) mass is 214 g/mol. The molecule has 1 aromatic heterocycles. The highest BCUT2D eigenvalue weighted by Gasteiger charge is 2.30. The van der Waals surface area contributed by atoms with Gasteiger partial charge >= 0.3 is 11.8 Å². The highest BCUT2D eigenvalue weighted by molar-refractivity contribution is 5.92. The maximum absolute atomic E-state index is 11.4. The van der Waals surface area contributed by atoms with Gasteiger partial charge in [-0.2, -0.15) is 4.68 Å². The fourth-order valence-electron chi connectivity index (χ4n) is 1.05. The van der Waals surface area contributed by atoms with Crippen molar-refractivity contribution in [2.75, 3.05) is 13.7 Å². The first-order valence-corrected chi connectivity index (χ1v) is 4.32. The van der Waals surface area contributed by atoms with E-state index < -0.39 is 5.97 Å². The van der Waals surface area contributed by atoms with Gasteiger partial charge in [0.05, 0.1) is 25.0 Å². The van der Waals surface area contributed by atoms with Crippen molar-refractivity contribution in [1.82, 2.24) is 9.78 Å². The van der Waals surface area contributed by atoms with Crippen LogP contribution in [0.5, 0.6) is 0 Å². The molecule has 0 atom stereocenters. The van der Waals surface area contributed by atoms with Crippen LogP contribution in [0.2, 0.25) is 0 Å². The smallest absolute Gasteiger partial charge is 0.448 e. The second-order valence-electron chi connectivity index (χ2n) is 2.70. The van der Waals surface area contributed by atoms with E-state index in [4.69, 9.17) is 4.74 Å². The minimum absolute atomic E-state index is 0.0798. The predicted molar refractivity (Wildman–Crippen MR) is 49.5 cm³/mol. The van der Waals surface area contributed by atoms with E-state index in [9.17, 15) is 9.70 Å². The summed E-state index contributed by atoms with van der Waals surface area (Å²) in [6, 6.07) is 0. The van der Waals surface area contributed by atoms with E-state index >= 15 is 0 Å². The molecule has 1 rings (SSSR count). The Morgan fingerprint density at radius 3 is 2.87 bits per heavy atom. The first-order valence-electron chi connectivity index (χ1n) is 4.32. The molecule has 0 aliphatic carbocycles. The first kappa shape index (κ1) is 11.2. The lowest BCUT2D eigenvalue weighted by molar-refractivity contribution is -0.739. The molecule has 0 unspecified atom stereocenters.